The van der Waals surface area contributed by atoms with Gasteiger partial charge in [0.2, 0.25) is 0 Å². The van der Waals surface area contributed by atoms with E-state index in [2.05, 4.69) is 13.2 Å². The molecule has 2 fully saturated rings. The molecule has 182 valence electrons. The van der Waals surface area contributed by atoms with Crippen LogP contribution in [0, 0.1) is 28.6 Å². The molecule has 6 nitrogen and oxygen atoms in total. The lowest BCUT2D eigenvalue weighted by Crippen LogP contribution is -2.59. The number of allylic oxidation sites excluding steroid dienone is 4. The van der Waals surface area contributed by atoms with Crippen molar-refractivity contribution >= 4 is 35.1 Å². The summed E-state index contributed by atoms with van der Waals surface area (Å²) in [6.07, 6.45) is 5.87. The molecule has 0 bridgehead atoms. The third-order valence-electron chi connectivity index (χ3n) is 9.03. The van der Waals surface area contributed by atoms with E-state index in [1.54, 1.807) is 0 Å². The van der Waals surface area contributed by atoms with Crippen LogP contribution in [0.1, 0.15) is 53.4 Å². The second kappa shape index (κ2) is 8.04. The highest BCUT2D eigenvalue weighted by atomic mass is 35.5. The van der Waals surface area contributed by atoms with Gasteiger partial charge in [0.1, 0.15) is 6.61 Å². The number of hydrogen-bond donors (Lipinski definition) is 0. The van der Waals surface area contributed by atoms with Gasteiger partial charge in [-0.1, -0.05) is 37.8 Å². The summed E-state index contributed by atoms with van der Waals surface area (Å²) in [4.78, 5) is 49.5. The number of halogens is 1. The SMILES string of the molecule is C=C1C(=C)[C@@]2(COC(C)=O)C(=CC1=O)C(Cl)=C[C@@H]1[C@@H]2CC[C@@]2(C)[C@H]1CC[C@]2(OC(C)=O)C(C)=O. The van der Waals surface area contributed by atoms with Gasteiger partial charge in [0.15, 0.2) is 17.2 Å². The van der Waals surface area contributed by atoms with E-state index in [0.717, 1.165) is 0 Å². The van der Waals surface area contributed by atoms with E-state index >= 15 is 0 Å². The predicted molar refractivity (Wildman–Crippen MR) is 127 cm³/mol. The van der Waals surface area contributed by atoms with Crippen LogP contribution in [0.2, 0.25) is 0 Å². The zero-order valence-electron chi connectivity index (χ0n) is 20.2. The van der Waals surface area contributed by atoms with Crippen molar-refractivity contribution in [2.45, 2.75) is 59.0 Å². The second-order valence-corrected chi connectivity index (χ2v) is 10.8. The standard InChI is InChI=1S/C27H31ClO6/c1-14-15(2)26(13-33-17(4)30)21-7-9-25(6)20(8-10-27(25,16(3)29)34-18(5)31)19(21)11-23(28)22(26)12-24(14)32/h11-12,19-21H,1-2,7-10,13H2,3-6H3/t19-,20-,21-,25-,26+,27-/m0/s1. The highest BCUT2D eigenvalue weighted by Gasteiger charge is 2.69. The molecule has 2 saturated carbocycles. The molecule has 0 aliphatic heterocycles. The van der Waals surface area contributed by atoms with Crippen molar-refractivity contribution in [3.8, 4) is 0 Å². The maximum absolute atomic E-state index is 12.9. The fraction of sp³-hybridized carbons (Fsp3) is 0.556. The molecule has 0 aromatic carbocycles. The van der Waals surface area contributed by atoms with Gasteiger partial charge in [-0.2, -0.15) is 0 Å². The van der Waals surface area contributed by atoms with Gasteiger partial charge in [0.05, 0.1) is 5.41 Å². The molecule has 0 heterocycles. The van der Waals surface area contributed by atoms with E-state index in [1.807, 2.05) is 13.0 Å². The van der Waals surface area contributed by atoms with E-state index in [1.165, 1.54) is 26.8 Å². The highest BCUT2D eigenvalue weighted by Crippen LogP contribution is 2.69. The van der Waals surface area contributed by atoms with E-state index in [0.29, 0.717) is 47.4 Å². The summed E-state index contributed by atoms with van der Waals surface area (Å²) < 4.78 is 11.4. The van der Waals surface area contributed by atoms with E-state index < -0.39 is 28.4 Å². The third-order valence-corrected chi connectivity index (χ3v) is 9.36. The molecule has 0 saturated heterocycles. The molecule has 0 unspecified atom stereocenters. The van der Waals surface area contributed by atoms with E-state index in [4.69, 9.17) is 21.1 Å². The average Bonchev–Trinajstić information content (AvgIpc) is 3.04. The summed E-state index contributed by atoms with van der Waals surface area (Å²) in [7, 11) is 0. The largest absolute Gasteiger partial charge is 0.465 e. The van der Waals surface area contributed by atoms with Crippen molar-refractivity contribution in [2.24, 2.45) is 28.6 Å². The fourth-order valence-corrected chi connectivity index (χ4v) is 7.81. The molecule has 0 N–H and O–H groups in total. The topological polar surface area (TPSA) is 86.7 Å². The summed E-state index contributed by atoms with van der Waals surface area (Å²) >= 11 is 6.82. The first-order chi connectivity index (χ1) is 15.8. The lowest BCUT2D eigenvalue weighted by atomic mass is 9.46. The van der Waals surface area contributed by atoms with Crippen molar-refractivity contribution in [1.82, 2.24) is 0 Å². The van der Waals surface area contributed by atoms with Crippen LogP contribution in [0.4, 0.5) is 0 Å². The molecule has 0 aromatic heterocycles. The van der Waals surface area contributed by atoms with Crippen LogP contribution in [0.3, 0.4) is 0 Å². The van der Waals surface area contributed by atoms with Crippen molar-refractivity contribution < 1.29 is 28.7 Å². The third kappa shape index (κ3) is 3.14. The zero-order valence-corrected chi connectivity index (χ0v) is 20.9. The van der Waals surface area contributed by atoms with Crippen LogP contribution in [-0.4, -0.2) is 35.7 Å². The Hall–Kier alpha value is -2.47. The number of rotatable bonds is 4. The Morgan fingerprint density at radius 1 is 1.09 bits per heavy atom. The number of esters is 2. The van der Waals surface area contributed by atoms with Gasteiger partial charge in [-0.25, -0.2) is 0 Å². The number of fused-ring (bicyclic) bond motifs is 5. The highest BCUT2D eigenvalue weighted by molar-refractivity contribution is 6.33. The van der Waals surface area contributed by atoms with Crippen LogP contribution in [0.15, 0.2) is 47.1 Å². The molecule has 4 aliphatic carbocycles. The Morgan fingerprint density at radius 3 is 2.32 bits per heavy atom. The smallest absolute Gasteiger partial charge is 0.303 e. The average molecular weight is 487 g/mol. The van der Waals surface area contributed by atoms with E-state index in [9.17, 15) is 19.2 Å². The molecule has 0 radical (unpaired) electrons. The summed E-state index contributed by atoms with van der Waals surface area (Å²) in [6, 6.07) is 0. The fourth-order valence-electron chi connectivity index (χ4n) is 7.44. The van der Waals surface area contributed by atoms with Crippen molar-refractivity contribution in [3.63, 3.8) is 0 Å². The van der Waals surface area contributed by atoms with Gasteiger partial charge >= 0.3 is 11.9 Å². The quantitative estimate of drug-likeness (QED) is 0.425. The Balaban J connectivity index is 1.87. The first-order valence-corrected chi connectivity index (χ1v) is 12.1. The number of ether oxygens (including phenoxy) is 2. The molecule has 0 amide bonds. The van der Waals surface area contributed by atoms with Crippen molar-refractivity contribution in [2.75, 3.05) is 6.61 Å². The molecular weight excluding hydrogens is 456 g/mol. The predicted octanol–water partition coefficient (Wildman–Crippen LogP) is 4.63. The molecule has 6 atom stereocenters. The lowest BCUT2D eigenvalue weighted by molar-refractivity contribution is -0.185. The number of carbonyl (C=O) groups excluding carboxylic acids is 4. The molecule has 4 aliphatic rings. The maximum atomic E-state index is 12.9. The van der Waals surface area contributed by atoms with Gasteiger partial charge in [0, 0.05) is 29.9 Å². The van der Waals surface area contributed by atoms with Gasteiger partial charge in [-0.05, 0) is 67.6 Å². The van der Waals surface area contributed by atoms with Crippen LogP contribution in [-0.2, 0) is 28.7 Å². The van der Waals surface area contributed by atoms with Crippen LogP contribution >= 0.6 is 11.6 Å². The van der Waals surface area contributed by atoms with Crippen molar-refractivity contribution in [3.05, 3.63) is 47.1 Å². The molecule has 7 heteroatoms. The lowest BCUT2D eigenvalue weighted by Gasteiger charge is -2.58. The number of hydrogen-bond acceptors (Lipinski definition) is 6. The van der Waals surface area contributed by atoms with Gasteiger partial charge < -0.3 is 9.47 Å². The van der Waals surface area contributed by atoms with Crippen LogP contribution < -0.4 is 0 Å². The number of ketones is 2. The van der Waals surface area contributed by atoms with Gasteiger partial charge in [-0.15, -0.1) is 0 Å². The molecular formula is C27H31ClO6. The van der Waals surface area contributed by atoms with E-state index in [-0.39, 0.29) is 35.9 Å². The summed E-state index contributed by atoms with van der Waals surface area (Å²) in [5, 5.41) is 0.424. The first kappa shape index (κ1) is 24.6. The molecule has 0 aromatic rings. The number of carbonyl (C=O) groups is 4. The zero-order chi connectivity index (χ0) is 25.2. The normalized spacial score (nSPS) is 38.7. The van der Waals surface area contributed by atoms with Crippen LogP contribution in [0.5, 0.6) is 0 Å². The first-order valence-electron chi connectivity index (χ1n) is 11.7. The monoisotopic (exact) mass is 486 g/mol. The molecule has 34 heavy (non-hydrogen) atoms. The number of Topliss-reactive ketones (excluding diaryl/α,β-unsaturated/α-hetero) is 1. The van der Waals surface area contributed by atoms with Gasteiger partial charge in [0.25, 0.3) is 0 Å². The Morgan fingerprint density at radius 2 is 1.74 bits per heavy atom. The molecule has 0 spiro atoms. The maximum Gasteiger partial charge on any atom is 0.303 e. The van der Waals surface area contributed by atoms with Crippen molar-refractivity contribution in [1.29, 1.82) is 0 Å². The minimum atomic E-state index is -1.18. The summed E-state index contributed by atoms with van der Waals surface area (Å²) in [6.45, 7) is 14.4. The summed E-state index contributed by atoms with van der Waals surface area (Å²) in [5.41, 5.74) is -1.21. The minimum Gasteiger partial charge on any atom is -0.465 e. The molecule has 4 rings (SSSR count). The Labute approximate surface area is 205 Å². The summed E-state index contributed by atoms with van der Waals surface area (Å²) in [5.74, 6) is -1.47. The van der Waals surface area contributed by atoms with Crippen LogP contribution in [0.25, 0.3) is 0 Å². The van der Waals surface area contributed by atoms with Gasteiger partial charge in [-0.3, -0.25) is 19.2 Å². The second-order valence-electron chi connectivity index (χ2n) is 10.4. The Bertz CT molecular complexity index is 1100. The minimum absolute atomic E-state index is 0.00213. The Kier molecular flexibility index (Phi) is 5.83.